The van der Waals surface area contributed by atoms with Crippen molar-refractivity contribution in [2.75, 3.05) is 0 Å². The maximum absolute atomic E-state index is 11.2. The summed E-state index contributed by atoms with van der Waals surface area (Å²) in [6.45, 7) is 1.78. The number of halogens is 1. The lowest BCUT2D eigenvalue weighted by Gasteiger charge is -2.17. The van der Waals surface area contributed by atoms with E-state index in [0.717, 1.165) is 15.6 Å². The third-order valence-electron chi connectivity index (χ3n) is 2.82. The maximum atomic E-state index is 11.2. The number of thiophene rings is 1. The van der Waals surface area contributed by atoms with Gasteiger partial charge in [0.25, 0.3) is 0 Å². The molecule has 2 rings (SSSR count). The monoisotopic (exact) mass is 317 g/mol. The number of hydrogen-bond acceptors (Lipinski definition) is 4. The fraction of sp³-hybridized carbons (Fsp3) is 0.250. The topological polar surface area (TPSA) is 77.4 Å². The van der Waals surface area contributed by atoms with Gasteiger partial charge in [0.1, 0.15) is 0 Å². The minimum absolute atomic E-state index is 0.433. The molecule has 2 unspecified atom stereocenters. The van der Waals surface area contributed by atoms with E-state index in [1.54, 1.807) is 19.1 Å². The first-order valence-electron chi connectivity index (χ1n) is 5.38. The van der Waals surface area contributed by atoms with Crippen molar-refractivity contribution in [2.45, 2.75) is 18.6 Å². The highest BCUT2D eigenvalue weighted by Gasteiger charge is 2.22. The smallest absolute Gasteiger partial charge is 0.304 e. The summed E-state index contributed by atoms with van der Waals surface area (Å²) in [7, 11) is 0. The van der Waals surface area contributed by atoms with Gasteiger partial charge in [-0.05, 0) is 47.2 Å². The molecule has 0 saturated carbocycles. The second kappa shape index (κ2) is 5.58. The Labute approximate surface area is 121 Å². The molecule has 4 nitrogen and oxygen atoms in total. The van der Waals surface area contributed by atoms with Gasteiger partial charge in [0, 0.05) is 14.6 Å². The number of fused-ring (bicyclic) bond motifs is 1. The molecule has 0 aliphatic carbocycles. The van der Waals surface area contributed by atoms with Crippen molar-refractivity contribution in [3.8, 4) is 0 Å². The molecule has 0 aliphatic rings. The Morgan fingerprint density at radius 1 is 1.58 bits per heavy atom. The van der Waals surface area contributed by atoms with E-state index in [0.29, 0.717) is 9.90 Å². The van der Waals surface area contributed by atoms with Crippen molar-refractivity contribution in [1.29, 1.82) is 0 Å². The molecule has 0 spiro atoms. The van der Waals surface area contributed by atoms with Gasteiger partial charge in [0.05, 0.1) is 11.7 Å². The van der Waals surface area contributed by atoms with Gasteiger partial charge in [-0.25, -0.2) is 0 Å². The van der Waals surface area contributed by atoms with E-state index >= 15 is 0 Å². The summed E-state index contributed by atoms with van der Waals surface area (Å²) >= 11 is 4.74. The number of aliphatic carboxylic acids is 1. The van der Waals surface area contributed by atoms with E-state index in [4.69, 9.17) is 16.7 Å². The highest BCUT2D eigenvalue weighted by Crippen LogP contribution is 2.39. The molecule has 1 aromatic heterocycles. The van der Waals surface area contributed by atoms with Crippen molar-refractivity contribution in [3.05, 3.63) is 33.7 Å². The lowest BCUT2D eigenvalue weighted by Crippen LogP contribution is -2.11. The quantitative estimate of drug-likeness (QED) is 0.878. The van der Waals surface area contributed by atoms with Gasteiger partial charge in [-0.2, -0.15) is 0 Å². The summed E-state index contributed by atoms with van der Waals surface area (Å²) in [5, 5.41) is 9.23. The number of carboxylic acids is 1. The van der Waals surface area contributed by atoms with Crippen molar-refractivity contribution < 1.29 is 18.7 Å². The fourth-order valence-electron chi connectivity index (χ4n) is 1.93. The van der Waals surface area contributed by atoms with Crippen molar-refractivity contribution >= 4 is 50.1 Å². The molecule has 1 aromatic carbocycles. The Bertz CT molecular complexity index is 665. The number of benzene rings is 1. The van der Waals surface area contributed by atoms with Gasteiger partial charge in [-0.3, -0.25) is 9.00 Å². The van der Waals surface area contributed by atoms with Crippen molar-refractivity contribution in [1.82, 2.24) is 0 Å². The van der Waals surface area contributed by atoms with Crippen LogP contribution in [0.4, 0.5) is 0 Å². The zero-order valence-corrected chi connectivity index (χ0v) is 12.3. The predicted molar refractivity (Wildman–Crippen MR) is 75.5 cm³/mol. The largest absolute Gasteiger partial charge is 0.772 e. The number of carbonyl (C=O) groups is 1. The number of carboxylic acid groups (broad SMARTS) is 1. The molecule has 19 heavy (non-hydrogen) atoms. The van der Waals surface area contributed by atoms with Crippen LogP contribution in [-0.4, -0.2) is 19.8 Å². The summed E-state index contributed by atoms with van der Waals surface area (Å²) in [6.07, 6.45) is -0.433. The zero-order valence-electron chi connectivity index (χ0n) is 9.88. The van der Waals surface area contributed by atoms with Crippen molar-refractivity contribution in [2.24, 2.45) is 0 Å². The van der Waals surface area contributed by atoms with E-state index in [1.165, 1.54) is 11.3 Å². The molecular weight excluding hydrogens is 308 g/mol. The van der Waals surface area contributed by atoms with Crippen LogP contribution in [-0.2, 0) is 15.9 Å². The van der Waals surface area contributed by atoms with Gasteiger partial charge in [-0.1, -0.05) is 11.6 Å². The maximum Gasteiger partial charge on any atom is 0.304 e. The van der Waals surface area contributed by atoms with Crippen LogP contribution in [0.15, 0.2) is 18.2 Å². The average Bonchev–Trinajstić information content (AvgIpc) is 2.63. The Hall–Kier alpha value is -0.950. The molecule has 2 aromatic rings. The fourth-order valence-corrected chi connectivity index (χ4v) is 4.28. The SMILES string of the molecule is Cc1c(C(CC(=O)O)S(=O)[O-])sc2ccc(Cl)cc12. The van der Waals surface area contributed by atoms with Crippen LogP contribution < -0.4 is 0 Å². The van der Waals surface area contributed by atoms with E-state index in [-0.39, 0.29) is 0 Å². The first kappa shape index (κ1) is 14.5. The highest BCUT2D eigenvalue weighted by atomic mass is 35.5. The van der Waals surface area contributed by atoms with Crippen LogP contribution in [0, 0.1) is 6.92 Å². The van der Waals surface area contributed by atoms with Gasteiger partial charge in [0.15, 0.2) is 0 Å². The lowest BCUT2D eigenvalue weighted by molar-refractivity contribution is -0.137. The number of rotatable bonds is 4. The van der Waals surface area contributed by atoms with Gasteiger partial charge in [-0.15, -0.1) is 11.3 Å². The molecule has 0 aliphatic heterocycles. The second-order valence-corrected chi connectivity index (χ2v) is 6.69. The Kier molecular flexibility index (Phi) is 4.25. The number of aryl methyl sites for hydroxylation is 1. The summed E-state index contributed by atoms with van der Waals surface area (Å²) in [4.78, 5) is 11.3. The summed E-state index contributed by atoms with van der Waals surface area (Å²) in [5.41, 5.74) is 0.776. The van der Waals surface area contributed by atoms with Gasteiger partial charge in [0.2, 0.25) is 0 Å². The summed E-state index contributed by atoms with van der Waals surface area (Å²) in [5.74, 6) is -1.14. The van der Waals surface area contributed by atoms with E-state index in [9.17, 15) is 13.6 Å². The number of hydrogen-bond donors (Lipinski definition) is 1. The molecule has 1 heterocycles. The average molecular weight is 318 g/mol. The molecule has 0 amide bonds. The molecule has 0 saturated heterocycles. The predicted octanol–water partition coefficient (Wildman–Crippen LogP) is 3.26. The standard InChI is InChI=1S/C12H11ClO4S2/c1-6-8-4-7(13)2-3-9(8)18-12(6)10(19(16)17)5-11(14)15/h2-4,10H,5H2,1H3,(H,14,15)(H,16,17)/p-1. The van der Waals surface area contributed by atoms with Crippen LogP contribution in [0.5, 0.6) is 0 Å². The van der Waals surface area contributed by atoms with E-state index < -0.39 is 28.7 Å². The third kappa shape index (κ3) is 2.97. The van der Waals surface area contributed by atoms with Crippen LogP contribution in [0.2, 0.25) is 5.02 Å². The van der Waals surface area contributed by atoms with Crippen LogP contribution in [0.25, 0.3) is 10.1 Å². The third-order valence-corrected chi connectivity index (χ3v) is 5.46. The Morgan fingerprint density at radius 3 is 2.84 bits per heavy atom. The first-order chi connectivity index (χ1) is 8.90. The molecule has 2 atom stereocenters. The highest BCUT2D eigenvalue weighted by molar-refractivity contribution is 7.79. The normalized spacial score (nSPS) is 14.5. The first-order valence-corrected chi connectivity index (χ1v) is 7.72. The minimum Gasteiger partial charge on any atom is -0.772 e. The lowest BCUT2D eigenvalue weighted by atomic mass is 10.1. The van der Waals surface area contributed by atoms with E-state index in [1.807, 2.05) is 6.07 Å². The molecule has 0 radical (unpaired) electrons. The molecular formula is C12H10ClO4S2-. The minimum atomic E-state index is -2.47. The molecule has 102 valence electrons. The molecule has 7 heteroatoms. The van der Waals surface area contributed by atoms with Gasteiger partial charge >= 0.3 is 5.97 Å². The molecule has 0 bridgehead atoms. The van der Waals surface area contributed by atoms with Gasteiger partial charge < -0.3 is 9.66 Å². The van der Waals surface area contributed by atoms with Crippen LogP contribution >= 0.6 is 22.9 Å². The van der Waals surface area contributed by atoms with Crippen LogP contribution in [0.3, 0.4) is 0 Å². The Balaban J connectivity index is 2.57. The Morgan fingerprint density at radius 2 is 2.26 bits per heavy atom. The molecule has 1 N–H and O–H groups in total. The van der Waals surface area contributed by atoms with E-state index in [2.05, 4.69) is 0 Å². The van der Waals surface area contributed by atoms with Crippen LogP contribution in [0.1, 0.15) is 22.1 Å². The summed E-state index contributed by atoms with van der Waals surface area (Å²) in [6, 6.07) is 5.30. The second-order valence-electron chi connectivity index (χ2n) is 4.08. The van der Waals surface area contributed by atoms with Crippen molar-refractivity contribution in [3.63, 3.8) is 0 Å². The molecule has 0 fully saturated rings. The zero-order chi connectivity index (χ0) is 14.2. The summed E-state index contributed by atoms with van der Waals surface area (Å²) < 4.78 is 23.4.